The van der Waals surface area contributed by atoms with Crippen LogP contribution in [0.25, 0.3) is 33.4 Å². The third-order valence-corrected chi connectivity index (χ3v) is 5.95. The highest BCUT2D eigenvalue weighted by Crippen LogP contribution is 2.42. The van der Waals surface area contributed by atoms with Gasteiger partial charge in [0.2, 0.25) is 0 Å². The molecule has 0 saturated carbocycles. The van der Waals surface area contributed by atoms with Gasteiger partial charge >= 0.3 is 0 Å². The van der Waals surface area contributed by atoms with Crippen LogP contribution in [0.1, 0.15) is 35.3 Å². The first kappa shape index (κ1) is 23.5. The summed E-state index contributed by atoms with van der Waals surface area (Å²) in [6.45, 7) is 10.6. The zero-order valence-electron chi connectivity index (χ0n) is 20.3. The van der Waals surface area contributed by atoms with Crippen LogP contribution in [0, 0.1) is 13.8 Å². The first-order chi connectivity index (χ1) is 16.5. The lowest BCUT2D eigenvalue weighted by Crippen LogP contribution is -2.29. The first-order valence-corrected chi connectivity index (χ1v) is 11.8. The average molecular weight is 457 g/mol. The molecule has 0 spiro atoms. The summed E-state index contributed by atoms with van der Waals surface area (Å²) in [4.78, 5) is 17.7. The number of fused-ring (bicyclic) bond motifs is 2. The van der Waals surface area contributed by atoms with Crippen LogP contribution < -0.4 is 21.7 Å². The largest absolute Gasteiger partial charge is 0.456 e. The van der Waals surface area contributed by atoms with Crippen molar-refractivity contribution in [2.24, 2.45) is 10.7 Å². The Hall–Kier alpha value is -3.64. The Bertz CT molecular complexity index is 1390. The van der Waals surface area contributed by atoms with E-state index in [4.69, 9.17) is 10.2 Å². The molecule has 4 rings (SSSR count). The summed E-state index contributed by atoms with van der Waals surface area (Å²) < 4.78 is 6.44. The van der Waals surface area contributed by atoms with Gasteiger partial charge in [-0.2, -0.15) is 0 Å². The fraction of sp³-hybridized carbons (Fsp3) is 0.286. The molecule has 1 amide bonds. The smallest absolute Gasteiger partial charge is 0.251 e. The number of nitrogens with one attached hydrogen (secondary N) is 2. The van der Waals surface area contributed by atoms with E-state index in [1.54, 1.807) is 0 Å². The predicted octanol–water partition coefficient (Wildman–Crippen LogP) is 4.86. The van der Waals surface area contributed by atoms with Crippen LogP contribution in [0.15, 0.2) is 57.9 Å². The highest BCUT2D eigenvalue weighted by Gasteiger charge is 2.22. The molecule has 1 aliphatic heterocycles. The topological polar surface area (TPSA) is 92.6 Å². The number of hydrogen-bond acceptors (Lipinski definition) is 5. The van der Waals surface area contributed by atoms with Gasteiger partial charge in [-0.25, -0.2) is 0 Å². The summed E-state index contributed by atoms with van der Waals surface area (Å²) in [7, 11) is 0. The van der Waals surface area contributed by atoms with E-state index >= 15 is 0 Å². The van der Waals surface area contributed by atoms with Gasteiger partial charge in [-0.1, -0.05) is 18.2 Å². The number of aryl methyl sites for hydroxylation is 2. The summed E-state index contributed by atoms with van der Waals surface area (Å²) in [5.41, 5.74) is 13.0. The number of amides is 1. The number of hydrogen-bond donors (Lipinski definition) is 3. The van der Waals surface area contributed by atoms with E-state index < -0.39 is 0 Å². The van der Waals surface area contributed by atoms with Gasteiger partial charge in [0, 0.05) is 66.1 Å². The van der Waals surface area contributed by atoms with Crippen molar-refractivity contribution in [3.63, 3.8) is 0 Å². The van der Waals surface area contributed by atoms with Crippen molar-refractivity contribution in [2.75, 3.05) is 31.5 Å². The summed E-state index contributed by atoms with van der Waals surface area (Å²) in [5, 5.41) is 8.21. The van der Waals surface area contributed by atoms with Gasteiger partial charge in [0.25, 0.3) is 5.91 Å². The van der Waals surface area contributed by atoms with E-state index in [9.17, 15) is 4.79 Å². The summed E-state index contributed by atoms with van der Waals surface area (Å²) in [6.07, 6.45) is 0. The zero-order valence-corrected chi connectivity index (χ0v) is 20.3. The molecule has 0 fully saturated rings. The third kappa shape index (κ3) is 4.41. The minimum Gasteiger partial charge on any atom is -0.456 e. The van der Waals surface area contributed by atoms with Crippen molar-refractivity contribution in [1.29, 1.82) is 0 Å². The lowest BCUT2D eigenvalue weighted by Gasteiger charge is -2.20. The first-order valence-electron chi connectivity index (χ1n) is 11.8. The Kier molecular flexibility index (Phi) is 6.98. The molecule has 34 heavy (non-hydrogen) atoms. The van der Waals surface area contributed by atoms with Crippen LogP contribution >= 0.6 is 0 Å². The number of benzene rings is 3. The quantitative estimate of drug-likeness (QED) is 0.346. The second kappa shape index (κ2) is 10.1. The maximum atomic E-state index is 13.1. The SMILES string of the molecule is CC/N=c1/cc2oc3cc(NCC)c(C)cc3c(-c3ccccc3C(=O)NCCN)c-2cc1C. The van der Waals surface area contributed by atoms with E-state index in [1.807, 2.05) is 43.3 Å². The number of carbonyl (C=O) groups is 1. The normalized spacial score (nSPS) is 11.9. The summed E-state index contributed by atoms with van der Waals surface area (Å²) in [6, 6.07) is 16.0. The Morgan fingerprint density at radius 3 is 2.56 bits per heavy atom. The molecule has 2 aliphatic rings. The minimum atomic E-state index is -0.140. The molecule has 176 valence electrons. The van der Waals surface area contributed by atoms with Gasteiger partial charge in [-0.15, -0.1) is 0 Å². The van der Waals surface area contributed by atoms with Gasteiger partial charge in [0.15, 0.2) is 0 Å². The molecule has 6 nitrogen and oxygen atoms in total. The second-order valence-corrected chi connectivity index (χ2v) is 8.37. The number of rotatable bonds is 7. The van der Waals surface area contributed by atoms with Gasteiger partial charge in [-0.05, 0) is 62.6 Å². The molecular weight excluding hydrogens is 424 g/mol. The standard InChI is InChI=1S/C28H32N4O2/c1-5-30-23-15-25-21(13-17(23)3)27(19-9-7-8-10-20(19)28(33)32-12-11-29)22-14-18(4)24(31-6-2)16-26(22)34-25/h7-10,13-16,30H,5-6,11-12,29H2,1-4H3,(H,32,33)/b31-24-. The van der Waals surface area contributed by atoms with Crippen molar-refractivity contribution >= 4 is 22.6 Å². The van der Waals surface area contributed by atoms with Crippen molar-refractivity contribution in [1.82, 2.24) is 5.32 Å². The number of carbonyl (C=O) groups excluding carboxylic acids is 1. The summed E-state index contributed by atoms with van der Waals surface area (Å²) >= 11 is 0. The van der Waals surface area contributed by atoms with E-state index in [0.29, 0.717) is 25.2 Å². The lowest BCUT2D eigenvalue weighted by atomic mass is 9.89. The molecule has 0 atom stereocenters. The van der Waals surface area contributed by atoms with Crippen molar-refractivity contribution in [3.8, 4) is 22.5 Å². The van der Waals surface area contributed by atoms with Crippen molar-refractivity contribution in [2.45, 2.75) is 27.7 Å². The highest BCUT2D eigenvalue weighted by molar-refractivity contribution is 6.09. The van der Waals surface area contributed by atoms with Crippen LogP contribution in [0.4, 0.5) is 5.69 Å². The highest BCUT2D eigenvalue weighted by atomic mass is 16.3. The molecular formula is C28H32N4O2. The number of anilines is 1. The average Bonchev–Trinajstić information content (AvgIpc) is 2.83. The van der Waals surface area contributed by atoms with E-state index in [-0.39, 0.29) is 5.91 Å². The fourth-order valence-electron chi connectivity index (χ4n) is 4.38. The molecule has 0 aromatic heterocycles. The zero-order chi connectivity index (χ0) is 24.2. The van der Waals surface area contributed by atoms with Crippen LogP contribution in [-0.4, -0.2) is 32.1 Å². The second-order valence-electron chi connectivity index (χ2n) is 8.37. The molecule has 0 bridgehead atoms. The minimum absolute atomic E-state index is 0.140. The Labute approximate surface area is 200 Å². The Morgan fingerprint density at radius 1 is 1.03 bits per heavy atom. The number of nitrogens with zero attached hydrogens (tertiary/aromatic N) is 1. The van der Waals surface area contributed by atoms with Gasteiger partial charge in [-0.3, -0.25) is 9.79 Å². The molecule has 2 aromatic rings. The number of nitrogens with two attached hydrogens (primary N) is 1. The monoisotopic (exact) mass is 456 g/mol. The van der Waals surface area contributed by atoms with Crippen LogP contribution in [-0.2, 0) is 0 Å². The summed E-state index contributed by atoms with van der Waals surface area (Å²) in [5.74, 6) is 0.599. The van der Waals surface area contributed by atoms with E-state index in [2.05, 4.69) is 48.5 Å². The van der Waals surface area contributed by atoms with Gasteiger partial charge in [0.1, 0.15) is 11.3 Å². The van der Waals surface area contributed by atoms with E-state index in [1.165, 1.54) is 0 Å². The molecule has 2 aromatic carbocycles. The molecule has 6 heteroatoms. The Morgan fingerprint density at radius 2 is 1.82 bits per heavy atom. The maximum absolute atomic E-state index is 13.1. The van der Waals surface area contributed by atoms with Crippen molar-refractivity contribution < 1.29 is 9.21 Å². The fourth-order valence-corrected chi connectivity index (χ4v) is 4.38. The van der Waals surface area contributed by atoms with E-state index in [0.717, 1.165) is 62.1 Å². The Balaban J connectivity index is 2.11. The van der Waals surface area contributed by atoms with Crippen molar-refractivity contribution in [3.05, 3.63) is 70.6 Å². The molecule has 0 saturated heterocycles. The lowest BCUT2D eigenvalue weighted by molar-refractivity contribution is 0.0955. The van der Waals surface area contributed by atoms with Crippen LogP contribution in [0.2, 0.25) is 0 Å². The van der Waals surface area contributed by atoms with Crippen LogP contribution in [0.3, 0.4) is 0 Å². The molecule has 0 unspecified atom stereocenters. The maximum Gasteiger partial charge on any atom is 0.251 e. The van der Waals surface area contributed by atoms with Crippen LogP contribution in [0.5, 0.6) is 0 Å². The van der Waals surface area contributed by atoms with Gasteiger partial charge in [0.05, 0.1) is 5.36 Å². The molecule has 4 N–H and O–H groups in total. The third-order valence-electron chi connectivity index (χ3n) is 5.95. The molecule has 0 radical (unpaired) electrons. The molecule has 1 aliphatic carbocycles. The predicted molar refractivity (Wildman–Crippen MR) is 139 cm³/mol. The molecule has 1 heterocycles. The van der Waals surface area contributed by atoms with Gasteiger partial charge < -0.3 is 20.8 Å².